The average molecular weight is 314 g/mol. The van der Waals surface area contributed by atoms with Crippen molar-refractivity contribution in [3.05, 3.63) is 34.6 Å². The molecule has 0 bridgehead atoms. The van der Waals surface area contributed by atoms with Crippen LogP contribution in [0.4, 0.5) is 4.39 Å². The van der Waals surface area contributed by atoms with Crippen LogP contribution in [0.2, 0.25) is 5.02 Å². The van der Waals surface area contributed by atoms with Gasteiger partial charge in [0.1, 0.15) is 5.82 Å². The zero-order chi connectivity index (χ0) is 15.5. The van der Waals surface area contributed by atoms with Gasteiger partial charge in [-0.1, -0.05) is 25.4 Å². The topological polar surface area (TPSA) is 21.3 Å². The SMILES string of the molecule is CC(C)CNCC1(Cc2cc(F)ccc2Cl)CCOC1C. The first kappa shape index (κ1) is 16.7. The highest BCUT2D eigenvalue weighted by molar-refractivity contribution is 6.31. The maximum Gasteiger partial charge on any atom is 0.123 e. The molecule has 2 rings (SSSR count). The van der Waals surface area contributed by atoms with Crippen molar-refractivity contribution in [2.45, 2.75) is 39.7 Å². The highest BCUT2D eigenvalue weighted by Crippen LogP contribution is 2.39. The van der Waals surface area contributed by atoms with Gasteiger partial charge in [-0.05, 0) is 56.0 Å². The van der Waals surface area contributed by atoms with E-state index in [0.717, 1.165) is 38.1 Å². The summed E-state index contributed by atoms with van der Waals surface area (Å²) in [5.74, 6) is 0.378. The van der Waals surface area contributed by atoms with Crippen LogP contribution in [0, 0.1) is 17.2 Å². The second-order valence-corrected chi connectivity index (χ2v) is 6.97. The molecule has 0 aliphatic carbocycles. The standard InChI is InChI=1S/C17H25ClFNO/c1-12(2)10-20-11-17(6-7-21-13(17)3)9-14-8-15(19)4-5-16(14)18/h4-5,8,12-13,20H,6-7,9-11H2,1-3H3. The summed E-state index contributed by atoms with van der Waals surface area (Å²) in [6.45, 7) is 9.11. The number of hydrogen-bond acceptors (Lipinski definition) is 2. The molecule has 1 fully saturated rings. The number of ether oxygens (including phenoxy) is 1. The zero-order valence-electron chi connectivity index (χ0n) is 13.1. The Kier molecular flexibility index (Phi) is 5.64. The fourth-order valence-corrected chi connectivity index (χ4v) is 3.20. The summed E-state index contributed by atoms with van der Waals surface area (Å²) in [6.07, 6.45) is 1.87. The molecule has 1 aromatic carbocycles. The average Bonchev–Trinajstić information content (AvgIpc) is 2.75. The number of hydrogen-bond donors (Lipinski definition) is 1. The number of halogens is 2. The van der Waals surface area contributed by atoms with Crippen LogP contribution in [0.15, 0.2) is 18.2 Å². The van der Waals surface area contributed by atoms with Gasteiger partial charge < -0.3 is 10.1 Å². The minimum absolute atomic E-state index is 0.00762. The molecule has 0 aromatic heterocycles. The van der Waals surface area contributed by atoms with E-state index in [1.165, 1.54) is 6.07 Å². The number of nitrogens with one attached hydrogen (secondary N) is 1. The lowest BCUT2D eigenvalue weighted by Gasteiger charge is -2.33. The first-order chi connectivity index (χ1) is 9.93. The van der Waals surface area contributed by atoms with Crippen molar-refractivity contribution >= 4 is 11.6 Å². The van der Waals surface area contributed by atoms with Crippen LogP contribution in [0.1, 0.15) is 32.8 Å². The first-order valence-corrected chi connectivity index (χ1v) is 8.07. The van der Waals surface area contributed by atoms with E-state index in [9.17, 15) is 4.39 Å². The maximum absolute atomic E-state index is 13.5. The predicted octanol–water partition coefficient (Wildman–Crippen LogP) is 4.06. The van der Waals surface area contributed by atoms with Crippen molar-refractivity contribution in [2.24, 2.45) is 11.3 Å². The van der Waals surface area contributed by atoms with Gasteiger partial charge >= 0.3 is 0 Å². The van der Waals surface area contributed by atoms with E-state index in [0.29, 0.717) is 10.9 Å². The van der Waals surface area contributed by atoms with E-state index in [1.807, 2.05) is 0 Å². The van der Waals surface area contributed by atoms with Crippen LogP contribution in [0.3, 0.4) is 0 Å². The Bertz CT molecular complexity index is 480. The molecule has 0 saturated carbocycles. The van der Waals surface area contributed by atoms with E-state index >= 15 is 0 Å². The highest BCUT2D eigenvalue weighted by Gasteiger charge is 2.41. The summed E-state index contributed by atoms with van der Waals surface area (Å²) < 4.78 is 19.3. The van der Waals surface area contributed by atoms with Crippen molar-refractivity contribution < 1.29 is 9.13 Å². The van der Waals surface area contributed by atoms with Gasteiger partial charge in [-0.2, -0.15) is 0 Å². The van der Waals surface area contributed by atoms with Crippen LogP contribution in [-0.4, -0.2) is 25.8 Å². The molecule has 1 aliphatic rings. The Morgan fingerprint density at radius 2 is 2.24 bits per heavy atom. The molecule has 0 amide bonds. The Morgan fingerprint density at radius 1 is 1.48 bits per heavy atom. The van der Waals surface area contributed by atoms with E-state index in [-0.39, 0.29) is 17.3 Å². The van der Waals surface area contributed by atoms with E-state index in [2.05, 4.69) is 26.1 Å². The third kappa shape index (κ3) is 4.18. The van der Waals surface area contributed by atoms with Crippen LogP contribution >= 0.6 is 11.6 Å². The van der Waals surface area contributed by atoms with Gasteiger partial charge in [-0.25, -0.2) is 4.39 Å². The molecule has 4 heteroatoms. The molecule has 0 spiro atoms. The molecular formula is C17H25ClFNO. The van der Waals surface area contributed by atoms with Crippen LogP contribution in [-0.2, 0) is 11.2 Å². The van der Waals surface area contributed by atoms with E-state index in [1.54, 1.807) is 12.1 Å². The van der Waals surface area contributed by atoms with Crippen molar-refractivity contribution in [3.63, 3.8) is 0 Å². The van der Waals surface area contributed by atoms with E-state index in [4.69, 9.17) is 16.3 Å². The second kappa shape index (κ2) is 7.08. The quantitative estimate of drug-likeness (QED) is 0.855. The van der Waals surface area contributed by atoms with Crippen molar-refractivity contribution in [1.82, 2.24) is 5.32 Å². The smallest absolute Gasteiger partial charge is 0.123 e. The van der Waals surface area contributed by atoms with Crippen molar-refractivity contribution in [3.8, 4) is 0 Å². The predicted molar refractivity (Wildman–Crippen MR) is 85.3 cm³/mol. The third-order valence-corrected chi connectivity index (χ3v) is 4.78. The Labute approximate surface area is 132 Å². The summed E-state index contributed by atoms with van der Waals surface area (Å²) in [6, 6.07) is 4.60. The van der Waals surface area contributed by atoms with Gasteiger partial charge in [0.05, 0.1) is 6.10 Å². The molecule has 21 heavy (non-hydrogen) atoms. The molecular weight excluding hydrogens is 289 g/mol. The van der Waals surface area contributed by atoms with Gasteiger partial charge in [-0.3, -0.25) is 0 Å². The minimum atomic E-state index is -0.230. The van der Waals surface area contributed by atoms with Gasteiger partial charge in [0, 0.05) is 23.6 Å². The van der Waals surface area contributed by atoms with Crippen LogP contribution < -0.4 is 5.32 Å². The minimum Gasteiger partial charge on any atom is -0.378 e. The lowest BCUT2D eigenvalue weighted by molar-refractivity contribution is 0.0627. The second-order valence-electron chi connectivity index (χ2n) is 6.56. The summed E-state index contributed by atoms with van der Waals surface area (Å²) in [5.41, 5.74) is 0.868. The maximum atomic E-state index is 13.5. The zero-order valence-corrected chi connectivity index (χ0v) is 13.8. The lowest BCUT2D eigenvalue weighted by Crippen LogP contribution is -2.42. The van der Waals surface area contributed by atoms with Gasteiger partial charge in [-0.15, -0.1) is 0 Å². The number of benzene rings is 1. The molecule has 1 heterocycles. The molecule has 1 aliphatic heterocycles. The fraction of sp³-hybridized carbons (Fsp3) is 0.647. The Balaban J connectivity index is 2.14. The van der Waals surface area contributed by atoms with E-state index < -0.39 is 0 Å². The fourth-order valence-electron chi connectivity index (χ4n) is 3.01. The summed E-state index contributed by atoms with van der Waals surface area (Å²) in [7, 11) is 0. The van der Waals surface area contributed by atoms with Gasteiger partial charge in [0.25, 0.3) is 0 Å². The summed E-state index contributed by atoms with van der Waals surface area (Å²) >= 11 is 6.24. The molecule has 0 radical (unpaired) electrons. The molecule has 1 N–H and O–H groups in total. The summed E-state index contributed by atoms with van der Waals surface area (Å²) in [5, 5.41) is 4.17. The number of rotatable bonds is 6. The molecule has 1 aromatic rings. The lowest BCUT2D eigenvalue weighted by atomic mass is 9.76. The van der Waals surface area contributed by atoms with Gasteiger partial charge in [0.15, 0.2) is 0 Å². The van der Waals surface area contributed by atoms with Gasteiger partial charge in [0.2, 0.25) is 0 Å². The van der Waals surface area contributed by atoms with Crippen LogP contribution in [0.5, 0.6) is 0 Å². The van der Waals surface area contributed by atoms with Crippen molar-refractivity contribution in [1.29, 1.82) is 0 Å². The normalized spacial score (nSPS) is 25.7. The molecule has 2 nitrogen and oxygen atoms in total. The molecule has 1 saturated heterocycles. The molecule has 118 valence electrons. The first-order valence-electron chi connectivity index (χ1n) is 7.69. The Morgan fingerprint density at radius 3 is 2.86 bits per heavy atom. The van der Waals surface area contributed by atoms with Crippen molar-refractivity contribution in [2.75, 3.05) is 19.7 Å². The Hall–Kier alpha value is -0.640. The van der Waals surface area contributed by atoms with Crippen LogP contribution in [0.25, 0.3) is 0 Å². The molecule has 2 atom stereocenters. The highest BCUT2D eigenvalue weighted by atomic mass is 35.5. The molecule has 2 unspecified atom stereocenters. The largest absolute Gasteiger partial charge is 0.378 e. The monoisotopic (exact) mass is 313 g/mol. The third-order valence-electron chi connectivity index (χ3n) is 4.41. The summed E-state index contributed by atoms with van der Waals surface area (Å²) in [4.78, 5) is 0.